The van der Waals surface area contributed by atoms with Crippen molar-refractivity contribution in [3.63, 3.8) is 0 Å². The lowest BCUT2D eigenvalue weighted by atomic mass is 10.2. The summed E-state index contributed by atoms with van der Waals surface area (Å²) in [6, 6.07) is 22.5. The van der Waals surface area contributed by atoms with Crippen molar-refractivity contribution in [2.24, 2.45) is 0 Å². The zero-order chi connectivity index (χ0) is 21.0. The van der Waals surface area contributed by atoms with Gasteiger partial charge in [-0.3, -0.25) is 4.79 Å². The zero-order valence-electron chi connectivity index (χ0n) is 16.3. The maximum atomic E-state index is 12.8. The fraction of sp³-hybridized carbons (Fsp3) is 0.174. The summed E-state index contributed by atoms with van der Waals surface area (Å²) in [4.78, 5) is 13.0. The average molecular weight is 423 g/mol. The minimum absolute atomic E-state index is 0.130. The highest BCUT2D eigenvalue weighted by atomic mass is 32.2. The van der Waals surface area contributed by atoms with E-state index >= 15 is 0 Å². The summed E-state index contributed by atoms with van der Waals surface area (Å²) >= 11 is 0. The normalized spacial score (nSPS) is 14.4. The Morgan fingerprint density at radius 1 is 0.867 bits per heavy atom. The summed E-state index contributed by atoms with van der Waals surface area (Å²) in [5, 5.41) is 2.82. The van der Waals surface area contributed by atoms with Crippen LogP contribution in [-0.4, -0.2) is 31.7 Å². The molecule has 0 saturated carbocycles. The van der Waals surface area contributed by atoms with E-state index in [1.165, 1.54) is 16.4 Å². The van der Waals surface area contributed by atoms with Crippen molar-refractivity contribution in [3.05, 3.63) is 84.4 Å². The molecule has 1 heterocycles. The molecule has 0 bridgehead atoms. The third-order valence-electron chi connectivity index (χ3n) is 4.91. The van der Waals surface area contributed by atoms with E-state index in [-0.39, 0.29) is 10.5 Å². The predicted molar refractivity (Wildman–Crippen MR) is 115 cm³/mol. The number of benzene rings is 3. The van der Waals surface area contributed by atoms with Gasteiger partial charge < -0.3 is 10.1 Å². The first-order valence-corrected chi connectivity index (χ1v) is 11.2. The Bertz CT molecular complexity index is 1140. The number of nitrogens with zero attached hydrogens (tertiary/aromatic N) is 1. The Morgan fingerprint density at radius 2 is 1.57 bits per heavy atom. The third kappa shape index (κ3) is 4.37. The van der Waals surface area contributed by atoms with Crippen molar-refractivity contribution in [2.75, 3.05) is 18.4 Å². The molecule has 1 N–H and O–H groups in total. The summed E-state index contributed by atoms with van der Waals surface area (Å²) in [5.41, 5.74) is 0.768. The number of hydrogen-bond donors (Lipinski definition) is 1. The maximum Gasteiger partial charge on any atom is 0.255 e. The Kier molecular flexibility index (Phi) is 5.83. The van der Waals surface area contributed by atoms with Crippen molar-refractivity contribution < 1.29 is 17.9 Å². The first-order valence-electron chi connectivity index (χ1n) is 9.77. The van der Waals surface area contributed by atoms with Crippen LogP contribution in [0.1, 0.15) is 23.2 Å². The summed E-state index contributed by atoms with van der Waals surface area (Å²) in [6.07, 6.45) is 1.72. The quantitative estimate of drug-likeness (QED) is 0.634. The first-order chi connectivity index (χ1) is 14.5. The van der Waals surface area contributed by atoms with Crippen LogP contribution in [0.25, 0.3) is 0 Å². The Morgan fingerprint density at radius 3 is 2.33 bits per heavy atom. The molecule has 0 spiro atoms. The topological polar surface area (TPSA) is 75.7 Å². The highest BCUT2D eigenvalue weighted by Gasteiger charge is 2.27. The van der Waals surface area contributed by atoms with Gasteiger partial charge in [0.2, 0.25) is 10.0 Å². The second-order valence-electron chi connectivity index (χ2n) is 7.00. The van der Waals surface area contributed by atoms with Gasteiger partial charge in [0.1, 0.15) is 5.75 Å². The van der Waals surface area contributed by atoms with Gasteiger partial charge in [0, 0.05) is 18.7 Å². The molecule has 3 aromatic carbocycles. The molecule has 3 aromatic rings. The second kappa shape index (κ2) is 8.69. The van der Waals surface area contributed by atoms with Crippen molar-refractivity contribution in [2.45, 2.75) is 17.7 Å². The molecule has 30 heavy (non-hydrogen) atoms. The van der Waals surface area contributed by atoms with E-state index < -0.39 is 15.9 Å². The van der Waals surface area contributed by atoms with Gasteiger partial charge in [-0.2, -0.15) is 4.31 Å². The van der Waals surface area contributed by atoms with Crippen LogP contribution < -0.4 is 10.1 Å². The number of rotatable bonds is 6. The van der Waals surface area contributed by atoms with E-state index in [9.17, 15) is 13.2 Å². The number of nitrogens with one attached hydrogen (secondary N) is 1. The van der Waals surface area contributed by atoms with Crippen molar-refractivity contribution in [1.82, 2.24) is 4.31 Å². The van der Waals surface area contributed by atoms with E-state index in [0.29, 0.717) is 30.3 Å². The van der Waals surface area contributed by atoms with E-state index in [1.54, 1.807) is 30.3 Å². The highest BCUT2D eigenvalue weighted by Crippen LogP contribution is 2.30. The SMILES string of the molecule is O=C(Nc1ccccc1Oc1ccccc1)c1cccc(S(=O)(=O)N2CCCC2)c1. The number of carbonyl (C=O) groups is 1. The van der Waals surface area contributed by atoms with Crippen molar-refractivity contribution in [1.29, 1.82) is 0 Å². The van der Waals surface area contributed by atoms with Crippen LogP contribution >= 0.6 is 0 Å². The van der Waals surface area contributed by atoms with E-state index in [1.807, 2.05) is 36.4 Å². The van der Waals surface area contributed by atoms with Crippen molar-refractivity contribution >= 4 is 21.6 Å². The monoisotopic (exact) mass is 422 g/mol. The van der Waals surface area contributed by atoms with Crippen LogP contribution in [0, 0.1) is 0 Å². The Balaban J connectivity index is 1.55. The van der Waals surface area contributed by atoms with Gasteiger partial charge >= 0.3 is 0 Å². The molecule has 1 amide bonds. The molecule has 0 aromatic heterocycles. The number of hydrogen-bond acceptors (Lipinski definition) is 4. The number of amides is 1. The van der Waals surface area contributed by atoms with Gasteiger partial charge in [-0.05, 0) is 55.3 Å². The molecule has 0 aliphatic carbocycles. The van der Waals surface area contributed by atoms with Gasteiger partial charge in [-0.15, -0.1) is 0 Å². The third-order valence-corrected chi connectivity index (χ3v) is 6.80. The molecule has 4 rings (SSSR count). The van der Waals surface area contributed by atoms with Gasteiger partial charge in [-0.1, -0.05) is 36.4 Å². The molecule has 1 aliphatic heterocycles. The van der Waals surface area contributed by atoms with Crippen LogP contribution in [0.2, 0.25) is 0 Å². The lowest BCUT2D eigenvalue weighted by Gasteiger charge is -2.16. The smallest absolute Gasteiger partial charge is 0.255 e. The standard InChI is InChI=1S/C23H22N2O4S/c26-23(18-9-8-12-20(17-18)30(27,28)25-15-6-7-16-25)24-21-13-4-5-14-22(21)29-19-10-2-1-3-11-19/h1-5,8-14,17H,6-7,15-16H2,(H,24,26). The van der Waals surface area contributed by atoms with Gasteiger partial charge in [-0.25, -0.2) is 8.42 Å². The molecule has 1 fully saturated rings. The lowest BCUT2D eigenvalue weighted by Crippen LogP contribution is -2.28. The van der Waals surface area contributed by atoms with Gasteiger partial charge in [0.05, 0.1) is 10.6 Å². The van der Waals surface area contributed by atoms with Gasteiger partial charge in [0.15, 0.2) is 5.75 Å². The zero-order valence-corrected chi connectivity index (χ0v) is 17.1. The van der Waals surface area contributed by atoms with E-state index in [2.05, 4.69) is 5.32 Å². The Labute approximate surface area is 176 Å². The van der Waals surface area contributed by atoms with Gasteiger partial charge in [0.25, 0.3) is 5.91 Å². The predicted octanol–water partition coefficient (Wildman–Crippen LogP) is 4.52. The molecule has 0 unspecified atom stereocenters. The molecule has 6 nitrogen and oxygen atoms in total. The van der Waals surface area contributed by atoms with Crippen LogP contribution in [0.3, 0.4) is 0 Å². The lowest BCUT2D eigenvalue weighted by molar-refractivity contribution is 0.102. The average Bonchev–Trinajstić information content (AvgIpc) is 3.32. The maximum absolute atomic E-state index is 12.8. The molecule has 1 aliphatic rings. The van der Waals surface area contributed by atoms with Crippen molar-refractivity contribution in [3.8, 4) is 11.5 Å². The van der Waals surface area contributed by atoms with Crippen LogP contribution in [-0.2, 0) is 10.0 Å². The number of ether oxygens (including phenoxy) is 1. The second-order valence-corrected chi connectivity index (χ2v) is 8.94. The Hall–Kier alpha value is -3.16. The fourth-order valence-electron chi connectivity index (χ4n) is 3.34. The van der Waals surface area contributed by atoms with Crippen LogP contribution in [0.4, 0.5) is 5.69 Å². The number of anilines is 1. The van der Waals surface area contributed by atoms with Crippen LogP contribution in [0.5, 0.6) is 11.5 Å². The molecule has 0 radical (unpaired) electrons. The molecule has 0 atom stereocenters. The molecular weight excluding hydrogens is 400 g/mol. The van der Waals surface area contributed by atoms with E-state index in [4.69, 9.17) is 4.74 Å². The highest BCUT2D eigenvalue weighted by molar-refractivity contribution is 7.89. The molecule has 1 saturated heterocycles. The minimum atomic E-state index is -3.59. The number of sulfonamides is 1. The summed E-state index contributed by atoms with van der Waals surface area (Å²) < 4.78 is 32.9. The summed E-state index contributed by atoms with van der Waals surface area (Å²) in [6.45, 7) is 1.03. The summed E-state index contributed by atoms with van der Waals surface area (Å²) in [5.74, 6) is 0.744. The fourth-order valence-corrected chi connectivity index (χ4v) is 4.91. The molecular formula is C23H22N2O4S. The number of para-hydroxylation sites is 3. The molecule has 154 valence electrons. The molecule has 7 heteroatoms. The van der Waals surface area contributed by atoms with E-state index in [0.717, 1.165) is 12.8 Å². The summed E-state index contributed by atoms with van der Waals surface area (Å²) in [7, 11) is -3.59. The number of carbonyl (C=O) groups excluding carboxylic acids is 1. The van der Waals surface area contributed by atoms with Crippen LogP contribution in [0.15, 0.2) is 83.8 Å². The largest absolute Gasteiger partial charge is 0.455 e. The minimum Gasteiger partial charge on any atom is -0.455 e. The first kappa shape index (κ1) is 20.1.